The first kappa shape index (κ1) is 17.3. The highest BCUT2D eigenvalue weighted by Crippen LogP contribution is 2.18. The van der Waals surface area contributed by atoms with Gasteiger partial charge in [-0.1, -0.05) is 64.9 Å². The second-order valence-corrected chi connectivity index (χ2v) is 6.73. The van der Waals surface area contributed by atoms with Crippen molar-refractivity contribution in [2.24, 2.45) is 10.2 Å². The molecule has 1 heterocycles. The monoisotopic (exact) mass is 370 g/mol. The van der Waals surface area contributed by atoms with Gasteiger partial charge in [-0.15, -0.1) is 5.10 Å². The first-order valence-corrected chi connectivity index (χ1v) is 8.74. The van der Waals surface area contributed by atoms with Gasteiger partial charge in [0.1, 0.15) is 0 Å². The Morgan fingerprint density at radius 2 is 1.92 bits per heavy atom. The van der Waals surface area contributed by atoms with Crippen LogP contribution in [0.3, 0.4) is 0 Å². The number of benzene rings is 2. The molecule has 3 aromatic rings. The van der Waals surface area contributed by atoms with Crippen molar-refractivity contribution < 1.29 is 4.79 Å². The lowest BCUT2D eigenvalue weighted by Gasteiger charge is -2.02. The Morgan fingerprint density at radius 3 is 2.60 bits per heavy atom. The molecule has 0 amide bonds. The van der Waals surface area contributed by atoms with Crippen molar-refractivity contribution in [1.29, 1.82) is 0 Å². The van der Waals surface area contributed by atoms with Gasteiger partial charge in [0.25, 0.3) is 0 Å². The molecule has 126 valence electrons. The average molecular weight is 371 g/mol. The minimum atomic E-state index is -0.130. The minimum absolute atomic E-state index is 0.130. The Balaban J connectivity index is 2.04. The molecule has 0 spiro atoms. The molecule has 0 fully saturated rings. The zero-order chi connectivity index (χ0) is 17.8. The zero-order valence-corrected chi connectivity index (χ0v) is 15.3. The molecule has 0 N–H and O–H groups in total. The lowest BCUT2D eigenvalue weighted by molar-refractivity contribution is 0.101. The number of aryl methyl sites for hydroxylation is 1. The van der Waals surface area contributed by atoms with Crippen LogP contribution in [0.1, 0.15) is 27.9 Å². The van der Waals surface area contributed by atoms with Crippen LogP contribution in [0, 0.1) is 6.92 Å². The van der Waals surface area contributed by atoms with Crippen molar-refractivity contribution in [3.63, 3.8) is 0 Å². The summed E-state index contributed by atoms with van der Waals surface area (Å²) in [5.74, 6) is -0.130. The normalized spacial score (nSPS) is 12.0. The summed E-state index contributed by atoms with van der Waals surface area (Å²) >= 11 is 7.42. The van der Waals surface area contributed by atoms with Crippen molar-refractivity contribution >= 4 is 34.9 Å². The van der Waals surface area contributed by atoms with Gasteiger partial charge >= 0.3 is 0 Å². The molecule has 25 heavy (non-hydrogen) atoms. The van der Waals surface area contributed by atoms with E-state index in [2.05, 4.69) is 15.3 Å². The van der Waals surface area contributed by atoms with Crippen LogP contribution >= 0.6 is 22.9 Å². The fourth-order valence-corrected chi connectivity index (χ4v) is 3.04. The standard InChI is InChI=1S/C18H15ClN4OS/c1-12-7-9-14(10-8-12)11-20-21-18-23(22-17(25-18)13(2)24)16-6-4-3-5-15(16)19/h3-11H,1-2H3/b20-11+,21-18-. The molecule has 3 rings (SSSR count). The topological polar surface area (TPSA) is 59.6 Å². The van der Waals surface area contributed by atoms with E-state index in [4.69, 9.17) is 11.6 Å². The van der Waals surface area contributed by atoms with E-state index in [0.29, 0.717) is 20.5 Å². The molecular weight excluding hydrogens is 356 g/mol. The van der Waals surface area contributed by atoms with Crippen molar-refractivity contribution in [3.05, 3.63) is 74.5 Å². The maximum atomic E-state index is 11.7. The van der Waals surface area contributed by atoms with E-state index in [1.807, 2.05) is 49.4 Å². The maximum absolute atomic E-state index is 11.7. The molecule has 2 aromatic carbocycles. The van der Waals surface area contributed by atoms with Gasteiger partial charge in [-0.3, -0.25) is 4.79 Å². The predicted molar refractivity (Wildman–Crippen MR) is 101 cm³/mol. The van der Waals surface area contributed by atoms with Gasteiger partial charge in [-0.05, 0) is 24.6 Å². The number of ketones is 1. The van der Waals surface area contributed by atoms with Crippen LogP contribution in [0.2, 0.25) is 5.02 Å². The highest BCUT2D eigenvalue weighted by molar-refractivity contribution is 7.11. The number of halogens is 1. The highest BCUT2D eigenvalue weighted by Gasteiger charge is 2.12. The van der Waals surface area contributed by atoms with Crippen LogP contribution in [0.4, 0.5) is 0 Å². The SMILES string of the molecule is CC(=O)c1nn(-c2ccccc2Cl)/c(=N/N=C/c2ccc(C)cc2)s1. The molecule has 0 aliphatic rings. The van der Waals surface area contributed by atoms with E-state index < -0.39 is 0 Å². The summed E-state index contributed by atoms with van der Waals surface area (Å²) in [7, 11) is 0. The van der Waals surface area contributed by atoms with Crippen LogP contribution in [0.15, 0.2) is 58.7 Å². The molecule has 0 saturated carbocycles. The zero-order valence-electron chi connectivity index (χ0n) is 13.7. The summed E-state index contributed by atoms with van der Waals surface area (Å²) < 4.78 is 1.54. The number of aromatic nitrogens is 2. The van der Waals surface area contributed by atoms with E-state index in [1.54, 1.807) is 12.3 Å². The Bertz CT molecular complexity index is 1000. The summed E-state index contributed by atoms with van der Waals surface area (Å²) in [5.41, 5.74) is 2.77. The third-order valence-electron chi connectivity index (χ3n) is 3.37. The van der Waals surface area contributed by atoms with E-state index in [1.165, 1.54) is 28.5 Å². The van der Waals surface area contributed by atoms with Crippen molar-refractivity contribution in [2.45, 2.75) is 13.8 Å². The van der Waals surface area contributed by atoms with Crippen LogP contribution in [-0.2, 0) is 0 Å². The third kappa shape index (κ3) is 4.10. The molecule has 0 aliphatic heterocycles. The fourth-order valence-electron chi connectivity index (χ4n) is 2.07. The predicted octanol–water partition coefficient (Wildman–Crippen LogP) is 4.03. The van der Waals surface area contributed by atoms with E-state index in [-0.39, 0.29) is 5.78 Å². The molecule has 1 aromatic heterocycles. The Labute approximate surface area is 153 Å². The lowest BCUT2D eigenvalue weighted by atomic mass is 10.2. The average Bonchev–Trinajstić information content (AvgIpc) is 3.01. The van der Waals surface area contributed by atoms with Crippen molar-refractivity contribution in [1.82, 2.24) is 9.78 Å². The number of hydrogen-bond acceptors (Lipinski definition) is 5. The molecule has 5 nitrogen and oxygen atoms in total. The van der Waals surface area contributed by atoms with Gasteiger partial charge < -0.3 is 0 Å². The number of carbonyl (C=O) groups is 1. The molecule has 0 radical (unpaired) electrons. The molecule has 0 saturated heterocycles. The number of hydrogen-bond donors (Lipinski definition) is 0. The van der Waals surface area contributed by atoms with Crippen LogP contribution in [-0.4, -0.2) is 21.8 Å². The summed E-state index contributed by atoms with van der Waals surface area (Å²) in [6, 6.07) is 15.2. The van der Waals surface area contributed by atoms with Gasteiger partial charge in [0.15, 0.2) is 10.8 Å². The second-order valence-electron chi connectivity index (χ2n) is 5.36. The van der Waals surface area contributed by atoms with E-state index in [0.717, 1.165) is 5.56 Å². The lowest BCUT2D eigenvalue weighted by Crippen LogP contribution is -2.14. The van der Waals surface area contributed by atoms with Crippen LogP contribution < -0.4 is 4.80 Å². The quantitative estimate of drug-likeness (QED) is 0.395. The van der Waals surface area contributed by atoms with Gasteiger partial charge in [0.05, 0.1) is 16.9 Å². The highest BCUT2D eigenvalue weighted by atomic mass is 35.5. The van der Waals surface area contributed by atoms with Crippen LogP contribution in [0.25, 0.3) is 5.69 Å². The summed E-state index contributed by atoms with van der Waals surface area (Å²) in [5, 5.41) is 13.5. The molecule has 0 bridgehead atoms. The molecule has 0 aliphatic carbocycles. The van der Waals surface area contributed by atoms with E-state index >= 15 is 0 Å². The molecular formula is C18H15ClN4OS. The van der Waals surface area contributed by atoms with Crippen molar-refractivity contribution in [3.8, 4) is 5.69 Å². The first-order valence-electron chi connectivity index (χ1n) is 7.54. The van der Waals surface area contributed by atoms with Gasteiger partial charge in [0.2, 0.25) is 4.80 Å². The summed E-state index contributed by atoms with van der Waals surface area (Å²) in [6.45, 7) is 3.49. The third-order valence-corrected chi connectivity index (χ3v) is 4.69. The number of carbonyl (C=O) groups excluding carboxylic acids is 1. The number of nitrogens with zero attached hydrogens (tertiary/aromatic N) is 4. The van der Waals surface area contributed by atoms with Gasteiger partial charge in [-0.25, -0.2) is 4.68 Å². The number of rotatable bonds is 4. The largest absolute Gasteiger partial charge is 0.292 e. The number of Topliss-reactive ketones (excluding diaryl/α,β-unsaturated/α-hetero) is 1. The maximum Gasteiger partial charge on any atom is 0.233 e. The molecule has 0 atom stereocenters. The fraction of sp³-hybridized carbons (Fsp3) is 0.111. The minimum Gasteiger partial charge on any atom is -0.292 e. The van der Waals surface area contributed by atoms with Gasteiger partial charge in [-0.2, -0.15) is 10.2 Å². The van der Waals surface area contributed by atoms with E-state index in [9.17, 15) is 4.79 Å². The Morgan fingerprint density at radius 1 is 1.20 bits per heavy atom. The summed E-state index contributed by atoms with van der Waals surface area (Å²) in [4.78, 5) is 12.1. The Hall–Kier alpha value is -2.57. The Kier molecular flexibility index (Phi) is 5.21. The second kappa shape index (κ2) is 7.55. The number of para-hydroxylation sites is 1. The van der Waals surface area contributed by atoms with Gasteiger partial charge in [0, 0.05) is 6.92 Å². The first-order chi connectivity index (χ1) is 12.0. The molecule has 7 heteroatoms. The van der Waals surface area contributed by atoms with Crippen molar-refractivity contribution in [2.75, 3.05) is 0 Å². The molecule has 0 unspecified atom stereocenters. The smallest absolute Gasteiger partial charge is 0.233 e. The summed E-state index contributed by atoms with van der Waals surface area (Å²) in [6.07, 6.45) is 1.66. The van der Waals surface area contributed by atoms with Crippen LogP contribution in [0.5, 0.6) is 0 Å².